The van der Waals surface area contributed by atoms with Crippen molar-refractivity contribution in [2.24, 2.45) is 0 Å². The highest BCUT2D eigenvalue weighted by molar-refractivity contribution is 5.97. The van der Waals surface area contributed by atoms with E-state index in [1.807, 2.05) is 24.3 Å². The number of fused-ring (bicyclic) bond motifs is 1. The molecule has 1 aliphatic heterocycles. The van der Waals surface area contributed by atoms with Crippen molar-refractivity contribution in [2.75, 3.05) is 19.8 Å². The smallest absolute Gasteiger partial charge is 0.339 e. The van der Waals surface area contributed by atoms with Crippen molar-refractivity contribution < 1.29 is 23.5 Å². The summed E-state index contributed by atoms with van der Waals surface area (Å²) in [5.41, 5.74) is 2.15. The van der Waals surface area contributed by atoms with E-state index in [-0.39, 0.29) is 18.6 Å². The van der Waals surface area contributed by atoms with E-state index in [1.54, 1.807) is 24.3 Å². The second kappa shape index (κ2) is 8.22. The van der Waals surface area contributed by atoms with Gasteiger partial charge in [0.1, 0.15) is 5.52 Å². The molecule has 144 valence electrons. The molecule has 0 radical (unpaired) electrons. The van der Waals surface area contributed by atoms with E-state index < -0.39 is 5.97 Å². The summed E-state index contributed by atoms with van der Waals surface area (Å²) in [4.78, 5) is 28.9. The molecule has 1 unspecified atom stereocenters. The second-order valence-corrected chi connectivity index (χ2v) is 6.55. The molecule has 7 heteroatoms. The molecule has 0 aliphatic carbocycles. The van der Waals surface area contributed by atoms with E-state index >= 15 is 0 Å². The zero-order valence-electron chi connectivity index (χ0n) is 15.2. The average molecular weight is 380 g/mol. The topological polar surface area (TPSA) is 90.7 Å². The highest BCUT2D eigenvalue weighted by Crippen LogP contribution is 2.27. The number of oxazole rings is 1. The predicted octanol–water partition coefficient (Wildman–Crippen LogP) is 2.95. The van der Waals surface area contributed by atoms with Gasteiger partial charge < -0.3 is 19.2 Å². The van der Waals surface area contributed by atoms with Crippen molar-refractivity contribution in [2.45, 2.75) is 18.9 Å². The fourth-order valence-corrected chi connectivity index (χ4v) is 3.13. The maximum atomic E-state index is 12.5. The van der Waals surface area contributed by atoms with Crippen LogP contribution in [0.3, 0.4) is 0 Å². The van der Waals surface area contributed by atoms with Gasteiger partial charge in [-0.05, 0) is 37.1 Å². The van der Waals surface area contributed by atoms with Gasteiger partial charge >= 0.3 is 5.97 Å². The van der Waals surface area contributed by atoms with Crippen LogP contribution in [0.5, 0.6) is 0 Å². The van der Waals surface area contributed by atoms with Crippen LogP contribution in [-0.2, 0) is 14.3 Å². The van der Waals surface area contributed by atoms with Crippen LogP contribution >= 0.6 is 0 Å². The monoisotopic (exact) mass is 380 g/mol. The van der Waals surface area contributed by atoms with Crippen molar-refractivity contribution >= 4 is 23.0 Å². The first kappa shape index (κ1) is 18.2. The Bertz CT molecular complexity index is 958. The lowest BCUT2D eigenvalue weighted by Crippen LogP contribution is -2.34. The van der Waals surface area contributed by atoms with E-state index in [9.17, 15) is 9.59 Å². The summed E-state index contributed by atoms with van der Waals surface area (Å²) in [5.74, 6) is -0.634. The minimum Gasteiger partial charge on any atom is -0.452 e. The number of ether oxygens (including phenoxy) is 2. The largest absolute Gasteiger partial charge is 0.452 e. The number of nitrogens with zero attached hydrogens (tertiary/aromatic N) is 1. The molecule has 1 amide bonds. The fourth-order valence-electron chi connectivity index (χ4n) is 3.13. The molecular weight excluding hydrogens is 360 g/mol. The van der Waals surface area contributed by atoms with Gasteiger partial charge in [-0.1, -0.05) is 24.3 Å². The van der Waals surface area contributed by atoms with Crippen molar-refractivity contribution in [3.63, 3.8) is 0 Å². The Labute approximate surface area is 161 Å². The number of hydrogen-bond acceptors (Lipinski definition) is 6. The van der Waals surface area contributed by atoms with Crippen LogP contribution in [0.1, 0.15) is 23.2 Å². The Morgan fingerprint density at radius 3 is 2.79 bits per heavy atom. The third kappa shape index (κ3) is 4.04. The van der Waals surface area contributed by atoms with Crippen molar-refractivity contribution in [3.05, 3.63) is 54.1 Å². The van der Waals surface area contributed by atoms with Gasteiger partial charge in [0.2, 0.25) is 5.89 Å². The summed E-state index contributed by atoms with van der Waals surface area (Å²) in [6, 6.07) is 14.2. The van der Waals surface area contributed by atoms with E-state index in [0.717, 1.165) is 19.4 Å². The molecule has 4 rings (SSSR count). The Morgan fingerprint density at radius 1 is 1.14 bits per heavy atom. The van der Waals surface area contributed by atoms with Crippen molar-refractivity contribution in [1.29, 1.82) is 0 Å². The quantitative estimate of drug-likeness (QED) is 0.661. The molecule has 2 heterocycles. The number of rotatable bonds is 6. The zero-order chi connectivity index (χ0) is 19.3. The molecule has 1 saturated heterocycles. The van der Waals surface area contributed by atoms with Gasteiger partial charge in [-0.15, -0.1) is 0 Å². The zero-order valence-corrected chi connectivity index (χ0v) is 15.2. The molecule has 1 fully saturated rings. The molecule has 2 aromatic carbocycles. The third-order valence-corrected chi connectivity index (χ3v) is 4.56. The summed E-state index contributed by atoms with van der Waals surface area (Å²) in [5, 5.41) is 2.72. The predicted molar refractivity (Wildman–Crippen MR) is 102 cm³/mol. The number of amides is 1. The van der Waals surface area contributed by atoms with Crippen LogP contribution in [0.2, 0.25) is 0 Å². The SMILES string of the molecule is O=C(COC(=O)c1ccccc1-c1nc2ccccc2o1)NCC1CCCO1. The molecule has 1 atom stereocenters. The van der Waals surface area contributed by atoms with Gasteiger partial charge in [-0.25, -0.2) is 9.78 Å². The summed E-state index contributed by atoms with van der Waals surface area (Å²) in [6.45, 7) is 0.797. The van der Waals surface area contributed by atoms with Crippen LogP contribution in [0.25, 0.3) is 22.6 Å². The Balaban J connectivity index is 1.42. The lowest BCUT2D eigenvalue weighted by molar-refractivity contribution is -0.124. The second-order valence-electron chi connectivity index (χ2n) is 6.55. The number of esters is 1. The standard InChI is InChI=1S/C21H20N2O5/c24-19(22-12-14-6-5-11-26-14)13-27-21(25)16-8-2-1-7-15(16)20-23-17-9-3-4-10-18(17)28-20/h1-4,7-10,14H,5-6,11-13H2,(H,22,24). The van der Waals surface area contributed by atoms with Gasteiger partial charge in [-0.3, -0.25) is 4.79 Å². The summed E-state index contributed by atoms with van der Waals surface area (Å²) in [6.07, 6.45) is 1.97. The van der Waals surface area contributed by atoms with Crippen LogP contribution in [0, 0.1) is 0 Å². The fraction of sp³-hybridized carbons (Fsp3) is 0.286. The Hall–Kier alpha value is -3.19. The normalized spacial score (nSPS) is 16.2. The first-order chi connectivity index (χ1) is 13.7. The third-order valence-electron chi connectivity index (χ3n) is 4.56. The first-order valence-electron chi connectivity index (χ1n) is 9.21. The highest BCUT2D eigenvalue weighted by Gasteiger charge is 2.20. The van der Waals surface area contributed by atoms with Gasteiger partial charge in [-0.2, -0.15) is 0 Å². The van der Waals surface area contributed by atoms with Crippen LogP contribution in [-0.4, -0.2) is 42.7 Å². The molecule has 0 spiro atoms. The van der Waals surface area contributed by atoms with Crippen LogP contribution < -0.4 is 5.32 Å². The molecule has 1 aromatic heterocycles. The summed E-state index contributed by atoms with van der Waals surface area (Å²) >= 11 is 0. The maximum absolute atomic E-state index is 12.5. The molecular formula is C21H20N2O5. The first-order valence-corrected chi connectivity index (χ1v) is 9.21. The van der Waals surface area contributed by atoms with E-state index in [2.05, 4.69) is 10.3 Å². The van der Waals surface area contributed by atoms with E-state index in [1.165, 1.54) is 0 Å². The average Bonchev–Trinajstić information content (AvgIpc) is 3.40. The van der Waals surface area contributed by atoms with Crippen molar-refractivity contribution in [3.8, 4) is 11.5 Å². The number of aromatic nitrogens is 1. The lowest BCUT2D eigenvalue weighted by Gasteiger charge is -2.11. The van der Waals surface area contributed by atoms with Gasteiger partial charge in [0.15, 0.2) is 12.2 Å². The lowest BCUT2D eigenvalue weighted by atomic mass is 10.1. The molecule has 3 aromatic rings. The van der Waals surface area contributed by atoms with Gasteiger partial charge in [0, 0.05) is 13.2 Å². The van der Waals surface area contributed by atoms with E-state index in [0.29, 0.717) is 34.7 Å². The minimum atomic E-state index is -0.606. The van der Waals surface area contributed by atoms with E-state index in [4.69, 9.17) is 13.9 Å². The highest BCUT2D eigenvalue weighted by atomic mass is 16.5. The van der Waals surface area contributed by atoms with Gasteiger partial charge in [0.25, 0.3) is 5.91 Å². The summed E-state index contributed by atoms with van der Waals surface area (Å²) < 4.78 is 16.4. The minimum absolute atomic E-state index is 0.0412. The molecule has 28 heavy (non-hydrogen) atoms. The Kier molecular flexibility index (Phi) is 5.34. The van der Waals surface area contributed by atoms with Crippen molar-refractivity contribution in [1.82, 2.24) is 10.3 Å². The molecule has 1 N–H and O–H groups in total. The van der Waals surface area contributed by atoms with Gasteiger partial charge in [0.05, 0.1) is 17.2 Å². The number of benzene rings is 2. The number of hydrogen-bond donors (Lipinski definition) is 1. The van der Waals surface area contributed by atoms with Crippen LogP contribution in [0.15, 0.2) is 52.9 Å². The summed E-state index contributed by atoms with van der Waals surface area (Å²) in [7, 11) is 0. The number of carbonyl (C=O) groups is 2. The Morgan fingerprint density at radius 2 is 1.96 bits per heavy atom. The molecule has 0 bridgehead atoms. The molecule has 0 saturated carbocycles. The number of nitrogens with one attached hydrogen (secondary N) is 1. The molecule has 7 nitrogen and oxygen atoms in total. The maximum Gasteiger partial charge on any atom is 0.339 e. The van der Waals surface area contributed by atoms with Crippen LogP contribution in [0.4, 0.5) is 0 Å². The number of carbonyl (C=O) groups excluding carboxylic acids is 2. The molecule has 1 aliphatic rings. The number of para-hydroxylation sites is 2.